The molecule has 1 aromatic carbocycles. The maximum atomic E-state index is 5.14. The summed E-state index contributed by atoms with van der Waals surface area (Å²) in [6, 6.07) is 14.6. The van der Waals surface area contributed by atoms with E-state index in [1.54, 1.807) is 7.11 Å². The van der Waals surface area contributed by atoms with Gasteiger partial charge in [-0.3, -0.25) is 4.98 Å². The van der Waals surface area contributed by atoms with E-state index in [0.29, 0.717) is 6.61 Å². The Morgan fingerprint density at radius 1 is 1.06 bits per heavy atom. The van der Waals surface area contributed by atoms with Gasteiger partial charge in [0.15, 0.2) is 0 Å². The number of nitrogens with zero attached hydrogens (tertiary/aromatic N) is 1. The average molecular weight is 259 g/mol. The van der Waals surface area contributed by atoms with Crippen LogP contribution in [0.25, 0.3) is 0 Å². The minimum atomic E-state index is 0.679. The number of benzene rings is 1. The van der Waals surface area contributed by atoms with Gasteiger partial charge in [0.2, 0.25) is 0 Å². The van der Waals surface area contributed by atoms with Crippen LogP contribution in [0.5, 0.6) is 0 Å². The van der Waals surface area contributed by atoms with Gasteiger partial charge in [-0.2, -0.15) is 11.8 Å². The minimum absolute atomic E-state index is 0.679. The first-order chi connectivity index (χ1) is 8.88. The van der Waals surface area contributed by atoms with Crippen molar-refractivity contribution in [3.05, 3.63) is 65.5 Å². The lowest BCUT2D eigenvalue weighted by Crippen LogP contribution is -1.90. The number of rotatable bonds is 6. The summed E-state index contributed by atoms with van der Waals surface area (Å²) < 4.78 is 5.14. The van der Waals surface area contributed by atoms with Crippen LogP contribution in [-0.2, 0) is 22.8 Å². The smallest absolute Gasteiger partial charge is 0.0713 e. The van der Waals surface area contributed by atoms with Gasteiger partial charge >= 0.3 is 0 Å². The zero-order valence-electron chi connectivity index (χ0n) is 10.5. The van der Waals surface area contributed by atoms with Crippen LogP contribution in [0.2, 0.25) is 0 Å². The van der Waals surface area contributed by atoms with E-state index in [0.717, 1.165) is 17.2 Å². The summed E-state index contributed by atoms with van der Waals surface area (Å²) in [5.41, 5.74) is 3.70. The van der Waals surface area contributed by atoms with Gasteiger partial charge in [-0.25, -0.2) is 0 Å². The number of ether oxygens (including phenoxy) is 1. The zero-order valence-corrected chi connectivity index (χ0v) is 11.3. The molecule has 0 saturated heterocycles. The van der Waals surface area contributed by atoms with Crippen LogP contribution in [0.4, 0.5) is 0 Å². The SMILES string of the molecule is COCc1cccc(CSCc2ccccn2)c1. The quantitative estimate of drug-likeness (QED) is 0.790. The van der Waals surface area contributed by atoms with Crippen LogP contribution >= 0.6 is 11.8 Å². The molecule has 2 nitrogen and oxygen atoms in total. The van der Waals surface area contributed by atoms with Crippen molar-refractivity contribution in [1.82, 2.24) is 4.98 Å². The molecule has 0 aliphatic rings. The standard InChI is InChI=1S/C15H17NOS/c1-17-10-13-5-4-6-14(9-13)11-18-12-15-7-2-3-8-16-15/h2-9H,10-12H2,1H3. The molecule has 0 saturated carbocycles. The zero-order chi connectivity index (χ0) is 12.6. The van der Waals surface area contributed by atoms with Gasteiger partial charge in [-0.05, 0) is 23.3 Å². The number of thioether (sulfide) groups is 1. The second-order valence-electron chi connectivity index (χ2n) is 4.07. The normalized spacial score (nSPS) is 10.5. The van der Waals surface area contributed by atoms with Crippen molar-refractivity contribution < 1.29 is 4.74 Å². The Balaban J connectivity index is 1.84. The topological polar surface area (TPSA) is 22.1 Å². The highest BCUT2D eigenvalue weighted by Gasteiger charge is 1.98. The molecule has 0 N–H and O–H groups in total. The Kier molecular flexibility index (Phi) is 5.24. The maximum absolute atomic E-state index is 5.14. The van der Waals surface area contributed by atoms with Gasteiger partial charge in [-0.1, -0.05) is 30.3 Å². The van der Waals surface area contributed by atoms with Crippen molar-refractivity contribution in [2.24, 2.45) is 0 Å². The average Bonchev–Trinajstić information content (AvgIpc) is 2.41. The Labute approximate surface area is 112 Å². The van der Waals surface area contributed by atoms with E-state index < -0.39 is 0 Å². The molecular formula is C15H17NOS. The van der Waals surface area contributed by atoms with Gasteiger partial charge in [0.25, 0.3) is 0 Å². The highest BCUT2D eigenvalue weighted by molar-refractivity contribution is 7.97. The fraction of sp³-hybridized carbons (Fsp3) is 0.267. The van der Waals surface area contributed by atoms with Crippen LogP contribution in [0.1, 0.15) is 16.8 Å². The monoisotopic (exact) mass is 259 g/mol. The van der Waals surface area contributed by atoms with Crippen LogP contribution < -0.4 is 0 Å². The number of hydrogen-bond donors (Lipinski definition) is 0. The molecule has 1 aromatic heterocycles. The molecule has 0 unspecified atom stereocenters. The molecule has 0 atom stereocenters. The van der Waals surface area contributed by atoms with Crippen LogP contribution in [0.15, 0.2) is 48.7 Å². The Morgan fingerprint density at radius 2 is 1.94 bits per heavy atom. The summed E-state index contributed by atoms with van der Waals surface area (Å²) in [6.45, 7) is 0.679. The summed E-state index contributed by atoms with van der Waals surface area (Å²) in [4.78, 5) is 4.32. The van der Waals surface area contributed by atoms with E-state index >= 15 is 0 Å². The number of hydrogen-bond acceptors (Lipinski definition) is 3. The molecule has 0 bridgehead atoms. The van der Waals surface area contributed by atoms with Crippen LogP contribution in [0.3, 0.4) is 0 Å². The van der Waals surface area contributed by atoms with Crippen molar-refractivity contribution >= 4 is 11.8 Å². The molecule has 3 heteroatoms. The predicted molar refractivity (Wildman–Crippen MR) is 76.4 cm³/mol. The molecule has 2 rings (SSSR count). The van der Waals surface area contributed by atoms with Crippen molar-refractivity contribution in [2.75, 3.05) is 7.11 Å². The molecule has 2 aromatic rings. The maximum Gasteiger partial charge on any atom is 0.0713 e. The van der Waals surface area contributed by atoms with Crippen LogP contribution in [-0.4, -0.2) is 12.1 Å². The molecule has 0 aliphatic carbocycles. The van der Waals surface area contributed by atoms with Crippen molar-refractivity contribution in [2.45, 2.75) is 18.1 Å². The van der Waals surface area contributed by atoms with Crippen LogP contribution in [0, 0.1) is 0 Å². The first kappa shape index (κ1) is 13.1. The van der Waals surface area contributed by atoms with Gasteiger partial charge in [0, 0.05) is 24.8 Å². The Bertz CT molecular complexity index is 473. The Morgan fingerprint density at radius 3 is 2.72 bits per heavy atom. The first-order valence-corrected chi connectivity index (χ1v) is 7.08. The van der Waals surface area contributed by atoms with Gasteiger partial charge in [-0.15, -0.1) is 0 Å². The van der Waals surface area contributed by atoms with Gasteiger partial charge in [0.1, 0.15) is 0 Å². The van der Waals surface area contributed by atoms with E-state index in [-0.39, 0.29) is 0 Å². The summed E-state index contributed by atoms with van der Waals surface area (Å²) in [5, 5.41) is 0. The van der Waals surface area contributed by atoms with E-state index in [9.17, 15) is 0 Å². The third-order valence-corrected chi connectivity index (χ3v) is 3.58. The van der Waals surface area contributed by atoms with Crippen molar-refractivity contribution in [3.63, 3.8) is 0 Å². The van der Waals surface area contributed by atoms with Gasteiger partial charge in [0.05, 0.1) is 12.3 Å². The minimum Gasteiger partial charge on any atom is -0.380 e. The molecule has 0 spiro atoms. The molecule has 1 heterocycles. The second-order valence-corrected chi connectivity index (χ2v) is 5.05. The molecule has 94 valence electrons. The lowest BCUT2D eigenvalue weighted by molar-refractivity contribution is 0.185. The van der Waals surface area contributed by atoms with Crippen molar-refractivity contribution in [3.8, 4) is 0 Å². The number of pyridine rings is 1. The first-order valence-electron chi connectivity index (χ1n) is 5.93. The summed E-state index contributed by atoms with van der Waals surface area (Å²) in [5.74, 6) is 1.96. The molecule has 0 aliphatic heterocycles. The third-order valence-electron chi connectivity index (χ3n) is 2.55. The Hall–Kier alpha value is -1.32. The van der Waals surface area contributed by atoms with E-state index in [2.05, 4.69) is 35.3 Å². The van der Waals surface area contributed by atoms with E-state index in [1.165, 1.54) is 11.1 Å². The molecule has 0 amide bonds. The van der Waals surface area contributed by atoms with E-state index in [1.807, 2.05) is 30.1 Å². The summed E-state index contributed by atoms with van der Waals surface area (Å²) >= 11 is 1.88. The molecule has 0 fully saturated rings. The van der Waals surface area contributed by atoms with Gasteiger partial charge < -0.3 is 4.74 Å². The number of aromatic nitrogens is 1. The third kappa shape index (κ3) is 4.17. The van der Waals surface area contributed by atoms with E-state index in [4.69, 9.17) is 4.74 Å². The molecular weight excluding hydrogens is 242 g/mol. The van der Waals surface area contributed by atoms with Crippen molar-refractivity contribution in [1.29, 1.82) is 0 Å². The lowest BCUT2D eigenvalue weighted by atomic mass is 10.1. The molecule has 0 radical (unpaired) electrons. The fourth-order valence-electron chi connectivity index (χ4n) is 1.73. The predicted octanol–water partition coefficient (Wildman–Crippen LogP) is 3.66. The lowest BCUT2D eigenvalue weighted by Gasteiger charge is -2.04. The molecule has 18 heavy (non-hydrogen) atoms. The fourth-order valence-corrected chi connectivity index (χ4v) is 2.63. The highest BCUT2D eigenvalue weighted by atomic mass is 32.2. The number of methoxy groups -OCH3 is 1. The second kappa shape index (κ2) is 7.19. The highest BCUT2D eigenvalue weighted by Crippen LogP contribution is 2.17. The summed E-state index contributed by atoms with van der Waals surface area (Å²) in [7, 11) is 1.72. The summed E-state index contributed by atoms with van der Waals surface area (Å²) in [6.07, 6.45) is 1.84. The largest absolute Gasteiger partial charge is 0.380 e.